The highest BCUT2D eigenvalue weighted by Gasteiger charge is 2.11. The molecule has 0 heterocycles. The molecule has 0 saturated carbocycles. The summed E-state index contributed by atoms with van der Waals surface area (Å²) in [5, 5.41) is 8.99. The van der Waals surface area contributed by atoms with Crippen LogP contribution in [0, 0.1) is 11.3 Å². The Morgan fingerprint density at radius 1 is 1.37 bits per heavy atom. The largest absolute Gasteiger partial charge is 0.469 e. The average Bonchev–Trinajstić information content (AvgIpc) is 2.44. The molecule has 1 aromatic rings. The highest BCUT2D eigenvalue weighted by Crippen LogP contribution is 2.15. The summed E-state index contributed by atoms with van der Waals surface area (Å²) < 4.78 is 9.44. The smallest absolute Gasteiger partial charge is 0.338 e. The summed E-state index contributed by atoms with van der Waals surface area (Å²) in [6.45, 7) is 2.01. The first-order valence-corrected chi connectivity index (χ1v) is 5.89. The van der Waals surface area contributed by atoms with Gasteiger partial charge in [-0.15, -0.1) is 0 Å². The summed E-state index contributed by atoms with van der Waals surface area (Å²) in [7, 11) is 1.31. The van der Waals surface area contributed by atoms with E-state index in [2.05, 4.69) is 4.74 Å². The minimum Gasteiger partial charge on any atom is -0.469 e. The van der Waals surface area contributed by atoms with E-state index in [9.17, 15) is 9.59 Å². The van der Waals surface area contributed by atoms with Gasteiger partial charge in [-0.3, -0.25) is 4.79 Å². The molecule has 0 radical (unpaired) electrons. The number of nitriles is 1. The molecular weight excluding hydrogens is 246 g/mol. The predicted octanol–water partition coefficient (Wildman–Crippen LogP) is 1.84. The number of ether oxygens (including phenoxy) is 2. The van der Waals surface area contributed by atoms with Gasteiger partial charge in [-0.2, -0.15) is 5.26 Å². The second-order valence-corrected chi connectivity index (χ2v) is 3.78. The lowest BCUT2D eigenvalue weighted by molar-refractivity contribution is -0.140. The van der Waals surface area contributed by atoms with Gasteiger partial charge >= 0.3 is 11.9 Å². The molecule has 0 bridgehead atoms. The molecule has 19 heavy (non-hydrogen) atoms. The van der Waals surface area contributed by atoms with E-state index in [0.29, 0.717) is 23.1 Å². The lowest BCUT2D eigenvalue weighted by atomic mass is 10.0. The van der Waals surface area contributed by atoms with E-state index < -0.39 is 5.97 Å². The zero-order valence-electron chi connectivity index (χ0n) is 10.9. The Balaban J connectivity index is 2.93. The van der Waals surface area contributed by atoms with Gasteiger partial charge in [-0.25, -0.2) is 4.79 Å². The standard InChI is InChI=1S/C14H15NO4/c1-3-19-14(17)11-4-5-12(9-15)10(8-11)6-7-13(16)18-2/h4-5,8H,3,6-7H2,1-2H3. The number of carbonyl (C=O) groups excluding carboxylic acids is 2. The number of hydrogen-bond acceptors (Lipinski definition) is 5. The summed E-state index contributed by atoms with van der Waals surface area (Å²) in [6.07, 6.45) is 0.514. The lowest BCUT2D eigenvalue weighted by Crippen LogP contribution is -2.07. The van der Waals surface area contributed by atoms with E-state index in [0.717, 1.165) is 0 Å². The molecule has 5 heteroatoms. The first-order chi connectivity index (χ1) is 9.12. The monoisotopic (exact) mass is 261 g/mol. The lowest BCUT2D eigenvalue weighted by Gasteiger charge is -2.07. The quantitative estimate of drug-likeness (QED) is 0.756. The van der Waals surface area contributed by atoms with Crippen LogP contribution < -0.4 is 0 Å². The van der Waals surface area contributed by atoms with Crippen molar-refractivity contribution >= 4 is 11.9 Å². The van der Waals surface area contributed by atoms with Gasteiger partial charge in [0.15, 0.2) is 0 Å². The molecule has 0 unspecified atom stereocenters. The van der Waals surface area contributed by atoms with Crippen LogP contribution in [0.4, 0.5) is 0 Å². The summed E-state index contributed by atoms with van der Waals surface area (Å²) >= 11 is 0. The zero-order chi connectivity index (χ0) is 14.3. The van der Waals surface area contributed by atoms with E-state index in [4.69, 9.17) is 10.00 Å². The molecule has 100 valence electrons. The van der Waals surface area contributed by atoms with E-state index in [-0.39, 0.29) is 19.0 Å². The average molecular weight is 261 g/mol. The van der Waals surface area contributed by atoms with Crippen molar-refractivity contribution in [2.75, 3.05) is 13.7 Å². The van der Waals surface area contributed by atoms with Gasteiger partial charge in [0, 0.05) is 6.42 Å². The minimum atomic E-state index is -0.439. The number of carbonyl (C=O) groups is 2. The Bertz CT molecular complexity index is 517. The molecule has 0 fully saturated rings. The third-order valence-electron chi connectivity index (χ3n) is 2.56. The molecule has 0 aliphatic carbocycles. The molecule has 0 aliphatic rings. The van der Waals surface area contributed by atoms with Gasteiger partial charge in [0.25, 0.3) is 0 Å². The summed E-state index contributed by atoms with van der Waals surface area (Å²) in [4.78, 5) is 22.7. The zero-order valence-corrected chi connectivity index (χ0v) is 10.9. The number of methoxy groups -OCH3 is 1. The maximum atomic E-state index is 11.6. The highest BCUT2D eigenvalue weighted by atomic mass is 16.5. The molecule has 0 spiro atoms. The SMILES string of the molecule is CCOC(=O)c1ccc(C#N)c(CCC(=O)OC)c1. The fourth-order valence-electron chi connectivity index (χ4n) is 1.59. The molecule has 0 atom stereocenters. The Morgan fingerprint density at radius 2 is 2.11 bits per heavy atom. The van der Waals surface area contributed by atoms with Crippen molar-refractivity contribution in [3.63, 3.8) is 0 Å². The van der Waals surface area contributed by atoms with Crippen molar-refractivity contribution in [3.05, 3.63) is 34.9 Å². The number of aryl methyl sites for hydroxylation is 1. The van der Waals surface area contributed by atoms with Crippen LogP contribution in [0.25, 0.3) is 0 Å². The van der Waals surface area contributed by atoms with Crippen molar-refractivity contribution in [3.8, 4) is 6.07 Å². The Morgan fingerprint density at radius 3 is 2.68 bits per heavy atom. The molecule has 0 N–H and O–H groups in total. The van der Waals surface area contributed by atoms with Gasteiger partial charge in [0.05, 0.1) is 30.9 Å². The number of hydrogen-bond donors (Lipinski definition) is 0. The fourth-order valence-corrected chi connectivity index (χ4v) is 1.59. The molecule has 0 aromatic heterocycles. The van der Waals surface area contributed by atoms with Crippen molar-refractivity contribution in [1.82, 2.24) is 0 Å². The predicted molar refractivity (Wildman–Crippen MR) is 67.5 cm³/mol. The van der Waals surface area contributed by atoms with Gasteiger partial charge in [-0.1, -0.05) is 0 Å². The van der Waals surface area contributed by atoms with Crippen molar-refractivity contribution in [2.45, 2.75) is 19.8 Å². The summed E-state index contributed by atoms with van der Waals surface area (Å²) in [6, 6.07) is 6.71. The highest BCUT2D eigenvalue weighted by molar-refractivity contribution is 5.89. The third kappa shape index (κ3) is 4.11. The van der Waals surface area contributed by atoms with E-state index in [1.54, 1.807) is 19.1 Å². The van der Waals surface area contributed by atoms with Gasteiger partial charge in [0.2, 0.25) is 0 Å². The Kier molecular flexibility index (Phi) is 5.55. The van der Waals surface area contributed by atoms with Crippen LogP contribution in [0.2, 0.25) is 0 Å². The van der Waals surface area contributed by atoms with Gasteiger partial charge in [-0.05, 0) is 37.1 Å². The van der Waals surface area contributed by atoms with Crippen molar-refractivity contribution in [2.24, 2.45) is 0 Å². The molecule has 5 nitrogen and oxygen atoms in total. The minimum absolute atomic E-state index is 0.164. The second-order valence-electron chi connectivity index (χ2n) is 3.78. The Hall–Kier alpha value is -2.35. The van der Waals surface area contributed by atoms with Crippen LogP contribution >= 0.6 is 0 Å². The topological polar surface area (TPSA) is 76.4 Å². The first-order valence-electron chi connectivity index (χ1n) is 5.89. The van der Waals surface area contributed by atoms with Crippen LogP contribution in [0.1, 0.15) is 34.8 Å². The molecular formula is C14H15NO4. The second kappa shape index (κ2) is 7.17. The maximum Gasteiger partial charge on any atom is 0.338 e. The number of benzene rings is 1. The number of rotatable bonds is 5. The summed E-state index contributed by atoms with van der Waals surface area (Å²) in [5.41, 5.74) is 1.45. The van der Waals surface area contributed by atoms with Crippen LogP contribution in [0.3, 0.4) is 0 Å². The molecule has 0 aliphatic heterocycles. The first kappa shape index (κ1) is 14.7. The number of nitrogens with zero attached hydrogens (tertiary/aromatic N) is 1. The molecule has 0 amide bonds. The molecule has 0 saturated heterocycles. The molecule has 1 aromatic carbocycles. The Labute approximate surface area is 111 Å². The van der Waals surface area contributed by atoms with Gasteiger partial charge in [0.1, 0.15) is 0 Å². The van der Waals surface area contributed by atoms with Crippen LogP contribution in [0.15, 0.2) is 18.2 Å². The number of esters is 2. The van der Waals surface area contributed by atoms with Crippen molar-refractivity contribution < 1.29 is 19.1 Å². The normalized spacial score (nSPS) is 9.53. The van der Waals surface area contributed by atoms with Crippen LogP contribution in [-0.2, 0) is 20.7 Å². The van der Waals surface area contributed by atoms with Crippen molar-refractivity contribution in [1.29, 1.82) is 5.26 Å². The van der Waals surface area contributed by atoms with E-state index in [1.807, 2.05) is 6.07 Å². The van der Waals surface area contributed by atoms with Gasteiger partial charge < -0.3 is 9.47 Å². The third-order valence-corrected chi connectivity index (χ3v) is 2.56. The van der Waals surface area contributed by atoms with E-state index in [1.165, 1.54) is 13.2 Å². The summed E-state index contributed by atoms with van der Waals surface area (Å²) in [5.74, 6) is -0.795. The van der Waals surface area contributed by atoms with E-state index >= 15 is 0 Å². The fraction of sp³-hybridized carbons (Fsp3) is 0.357. The van der Waals surface area contributed by atoms with Crippen LogP contribution in [0.5, 0.6) is 0 Å². The molecule has 1 rings (SSSR count). The van der Waals surface area contributed by atoms with Crippen LogP contribution in [-0.4, -0.2) is 25.7 Å². The maximum absolute atomic E-state index is 11.6.